The van der Waals surface area contributed by atoms with Crippen LogP contribution in [0, 0.1) is 0 Å². The van der Waals surface area contributed by atoms with Crippen molar-refractivity contribution in [3.8, 4) is 11.1 Å². The van der Waals surface area contributed by atoms with Crippen LogP contribution in [-0.4, -0.2) is 35.1 Å². The molecule has 26 heavy (non-hydrogen) atoms. The van der Waals surface area contributed by atoms with E-state index in [0.717, 1.165) is 16.8 Å². The summed E-state index contributed by atoms with van der Waals surface area (Å²) in [6.07, 6.45) is 2.21. The molecule has 3 heterocycles. The maximum atomic E-state index is 12.6. The van der Waals surface area contributed by atoms with Crippen molar-refractivity contribution in [3.63, 3.8) is 0 Å². The van der Waals surface area contributed by atoms with Gasteiger partial charge >= 0.3 is 0 Å². The van der Waals surface area contributed by atoms with Gasteiger partial charge in [-0.1, -0.05) is 30.7 Å². The lowest BCUT2D eigenvalue weighted by atomic mass is 10.0. The van der Waals surface area contributed by atoms with Gasteiger partial charge in [0.05, 0.1) is 11.3 Å². The lowest BCUT2D eigenvalue weighted by Crippen LogP contribution is -2.23. The third-order valence-electron chi connectivity index (χ3n) is 4.18. The van der Waals surface area contributed by atoms with E-state index < -0.39 is 0 Å². The van der Waals surface area contributed by atoms with Crippen LogP contribution in [0.25, 0.3) is 27.9 Å². The molecular weight excluding hydrogens is 372 g/mol. The van der Waals surface area contributed by atoms with Crippen LogP contribution in [0.15, 0.2) is 35.4 Å². The Morgan fingerprint density at radius 3 is 2.62 bits per heavy atom. The number of fused-ring (bicyclic) bond motifs is 3. The van der Waals surface area contributed by atoms with Gasteiger partial charge in [0.15, 0.2) is 16.8 Å². The van der Waals surface area contributed by atoms with Crippen molar-refractivity contribution < 1.29 is 0 Å². The number of rotatable bonds is 4. The van der Waals surface area contributed by atoms with E-state index in [1.54, 1.807) is 4.52 Å². The van der Waals surface area contributed by atoms with E-state index in [0.29, 0.717) is 35.0 Å². The first kappa shape index (κ1) is 17.0. The van der Waals surface area contributed by atoms with E-state index in [1.165, 1.54) is 10.9 Å². The van der Waals surface area contributed by atoms with E-state index >= 15 is 0 Å². The minimum absolute atomic E-state index is 0.189. The van der Waals surface area contributed by atoms with E-state index in [4.69, 9.17) is 11.6 Å². The van der Waals surface area contributed by atoms with Gasteiger partial charge in [0.25, 0.3) is 5.56 Å². The van der Waals surface area contributed by atoms with E-state index in [9.17, 15) is 4.79 Å². The number of hydrogen-bond acceptors (Lipinski definition) is 6. The van der Waals surface area contributed by atoms with Crippen molar-refractivity contribution in [3.05, 3.63) is 51.7 Å². The number of benzene rings is 1. The Morgan fingerprint density at radius 2 is 1.92 bits per heavy atom. The van der Waals surface area contributed by atoms with Crippen molar-refractivity contribution in [1.29, 1.82) is 0 Å². The average Bonchev–Trinajstić information content (AvgIpc) is 3.04. The summed E-state index contributed by atoms with van der Waals surface area (Å²) in [5.74, 6) is 0.533. The molecule has 0 aliphatic rings. The summed E-state index contributed by atoms with van der Waals surface area (Å²) in [4.78, 5) is 17.0. The van der Waals surface area contributed by atoms with Crippen LogP contribution in [0.5, 0.6) is 0 Å². The van der Waals surface area contributed by atoms with Gasteiger partial charge in [0.2, 0.25) is 0 Å². The van der Waals surface area contributed by atoms with Crippen molar-refractivity contribution >= 4 is 41.0 Å². The standard InChI is InChI=1S/C17H15ClN6OS/c1-2-12-13(10-3-5-11(18)6-4-10)15-21-20-14-16(24(15)22-12)19-9-23(7-8-26)17(14)25/h3-6,9,26H,2,7-8H2,1H3. The summed E-state index contributed by atoms with van der Waals surface area (Å²) in [5, 5.41) is 13.7. The second kappa shape index (κ2) is 6.69. The summed E-state index contributed by atoms with van der Waals surface area (Å²) in [6.45, 7) is 2.48. The lowest BCUT2D eigenvalue weighted by molar-refractivity contribution is 0.716. The van der Waals surface area contributed by atoms with Gasteiger partial charge in [0.1, 0.15) is 6.33 Å². The second-order valence-corrected chi connectivity index (χ2v) is 6.64. The Kier molecular flexibility index (Phi) is 4.37. The zero-order valence-corrected chi connectivity index (χ0v) is 15.6. The molecule has 0 saturated carbocycles. The van der Waals surface area contributed by atoms with Crippen LogP contribution < -0.4 is 5.56 Å². The van der Waals surface area contributed by atoms with Crippen LogP contribution in [0.4, 0.5) is 0 Å². The number of halogens is 1. The molecule has 0 spiro atoms. The molecule has 4 aromatic rings. The van der Waals surface area contributed by atoms with Crippen LogP contribution in [0.3, 0.4) is 0 Å². The molecule has 0 fully saturated rings. The molecule has 1 aromatic carbocycles. The first-order valence-electron chi connectivity index (χ1n) is 8.14. The van der Waals surface area contributed by atoms with Crippen LogP contribution in [-0.2, 0) is 13.0 Å². The second-order valence-electron chi connectivity index (χ2n) is 5.76. The molecule has 0 N–H and O–H groups in total. The fourth-order valence-electron chi connectivity index (χ4n) is 2.93. The first-order chi connectivity index (χ1) is 12.6. The van der Waals surface area contributed by atoms with E-state index in [1.807, 2.05) is 31.2 Å². The zero-order chi connectivity index (χ0) is 18.3. The highest BCUT2D eigenvalue weighted by Crippen LogP contribution is 2.29. The van der Waals surface area contributed by atoms with Gasteiger partial charge in [-0.2, -0.15) is 22.2 Å². The Morgan fingerprint density at radius 1 is 1.15 bits per heavy atom. The normalized spacial score (nSPS) is 11.5. The zero-order valence-electron chi connectivity index (χ0n) is 13.9. The number of aromatic nitrogens is 6. The highest BCUT2D eigenvalue weighted by Gasteiger charge is 2.19. The molecule has 7 nitrogen and oxygen atoms in total. The van der Waals surface area contributed by atoms with Gasteiger partial charge in [-0.25, -0.2) is 4.98 Å². The minimum Gasteiger partial charge on any atom is -0.296 e. The van der Waals surface area contributed by atoms with Gasteiger partial charge < -0.3 is 0 Å². The number of hydrogen-bond donors (Lipinski definition) is 1. The predicted molar refractivity (Wildman–Crippen MR) is 104 cm³/mol. The van der Waals surface area contributed by atoms with E-state index in [-0.39, 0.29) is 11.1 Å². The third-order valence-corrected chi connectivity index (χ3v) is 4.63. The molecule has 4 rings (SSSR count). The average molecular weight is 387 g/mol. The van der Waals surface area contributed by atoms with Gasteiger partial charge in [-0.3, -0.25) is 9.36 Å². The molecule has 0 unspecified atom stereocenters. The summed E-state index contributed by atoms with van der Waals surface area (Å²) in [7, 11) is 0. The number of thiol groups is 1. The highest BCUT2D eigenvalue weighted by molar-refractivity contribution is 7.80. The molecule has 0 bridgehead atoms. The molecule has 0 atom stereocenters. The largest absolute Gasteiger partial charge is 0.296 e. The number of aryl methyl sites for hydroxylation is 2. The third kappa shape index (κ3) is 2.65. The molecular formula is C17H15ClN6OS. The Balaban J connectivity index is 2.03. The number of nitrogens with zero attached hydrogens (tertiary/aromatic N) is 6. The maximum absolute atomic E-state index is 12.6. The summed E-state index contributed by atoms with van der Waals surface area (Å²) >= 11 is 10.2. The SMILES string of the molecule is CCc1nn2c(nnc3c(=O)n(CCS)cnc32)c1-c1ccc(Cl)cc1. The van der Waals surface area contributed by atoms with Crippen LogP contribution in [0.1, 0.15) is 12.6 Å². The topological polar surface area (TPSA) is 78.0 Å². The van der Waals surface area contributed by atoms with Crippen molar-refractivity contribution in [2.75, 3.05) is 5.75 Å². The Bertz CT molecular complexity index is 1170. The molecule has 0 aliphatic carbocycles. The van der Waals surface area contributed by atoms with Crippen molar-refractivity contribution in [2.24, 2.45) is 0 Å². The summed E-state index contributed by atoms with van der Waals surface area (Å²) < 4.78 is 3.07. The van der Waals surface area contributed by atoms with E-state index in [2.05, 4.69) is 32.9 Å². The molecule has 0 amide bonds. The maximum Gasteiger partial charge on any atom is 0.283 e. The molecule has 0 radical (unpaired) electrons. The Labute approximate surface area is 159 Å². The van der Waals surface area contributed by atoms with Crippen LogP contribution >= 0.6 is 24.2 Å². The van der Waals surface area contributed by atoms with Gasteiger partial charge in [0, 0.05) is 17.3 Å². The molecule has 132 valence electrons. The molecule has 0 aliphatic heterocycles. The van der Waals surface area contributed by atoms with Crippen molar-refractivity contribution in [1.82, 2.24) is 29.4 Å². The van der Waals surface area contributed by atoms with Gasteiger partial charge in [-0.05, 0) is 24.1 Å². The monoisotopic (exact) mass is 386 g/mol. The summed E-state index contributed by atoms with van der Waals surface area (Å²) in [6, 6.07) is 7.48. The smallest absolute Gasteiger partial charge is 0.283 e. The Hall–Kier alpha value is -2.45. The molecule has 9 heteroatoms. The summed E-state index contributed by atoms with van der Waals surface area (Å²) in [5.41, 5.74) is 3.57. The molecule has 0 saturated heterocycles. The van der Waals surface area contributed by atoms with Crippen molar-refractivity contribution in [2.45, 2.75) is 19.9 Å². The fourth-order valence-corrected chi connectivity index (χ4v) is 3.27. The minimum atomic E-state index is -0.250. The fraction of sp³-hybridized carbons (Fsp3) is 0.235. The lowest BCUT2D eigenvalue weighted by Gasteiger charge is -2.05. The molecule has 3 aromatic heterocycles. The quantitative estimate of drug-likeness (QED) is 0.545. The highest BCUT2D eigenvalue weighted by atomic mass is 35.5. The van der Waals surface area contributed by atoms with Gasteiger partial charge in [-0.15, -0.1) is 10.2 Å². The predicted octanol–water partition coefficient (Wildman–Crippen LogP) is 2.65. The van der Waals surface area contributed by atoms with Crippen LogP contribution in [0.2, 0.25) is 5.02 Å². The first-order valence-corrected chi connectivity index (χ1v) is 9.15.